The number of alkyl halides is 1. The van der Waals surface area contributed by atoms with Crippen LogP contribution in [-0.4, -0.2) is 49.2 Å². The Labute approximate surface area is 93.7 Å². The summed E-state index contributed by atoms with van der Waals surface area (Å²) in [5, 5.41) is 0.328. The van der Waals surface area contributed by atoms with Crippen LogP contribution in [-0.2, 0) is 14.3 Å². The second kappa shape index (κ2) is 8.20. The van der Waals surface area contributed by atoms with E-state index in [-0.39, 0.29) is 12.2 Å². The van der Waals surface area contributed by atoms with Crippen LogP contribution in [0.15, 0.2) is 0 Å². The lowest BCUT2D eigenvalue weighted by atomic mass is 10.5. The fourth-order valence-electron chi connectivity index (χ4n) is 0.953. The number of likely N-dealkylation sites (N-methyl/N-ethyl adjacent to an activating group) is 1. The summed E-state index contributed by atoms with van der Waals surface area (Å²) in [5.41, 5.74) is 0. The second-order valence-corrected chi connectivity index (χ2v) is 3.31. The van der Waals surface area contributed by atoms with Crippen molar-refractivity contribution in [2.24, 2.45) is 0 Å². The molecular formula is C9H18BrNO3. The predicted octanol–water partition coefficient (Wildman–Crippen LogP) is 1.24. The number of hydrogen-bond acceptors (Lipinski definition) is 3. The summed E-state index contributed by atoms with van der Waals surface area (Å²) in [7, 11) is 1.73. The molecule has 1 amide bonds. The zero-order chi connectivity index (χ0) is 11.0. The van der Waals surface area contributed by atoms with Crippen molar-refractivity contribution in [3.8, 4) is 0 Å². The van der Waals surface area contributed by atoms with Crippen LogP contribution in [0.5, 0.6) is 0 Å². The molecule has 0 aromatic carbocycles. The molecular weight excluding hydrogens is 250 g/mol. The molecule has 0 spiro atoms. The van der Waals surface area contributed by atoms with Crippen molar-refractivity contribution in [2.75, 3.05) is 32.1 Å². The normalized spacial score (nSPS) is 10.6. The summed E-state index contributed by atoms with van der Waals surface area (Å²) in [5.74, 6) is 0.0226. The van der Waals surface area contributed by atoms with E-state index in [9.17, 15) is 4.79 Å². The Hall–Kier alpha value is -0.130. The third-order valence-corrected chi connectivity index (χ3v) is 2.15. The minimum absolute atomic E-state index is 0.0226. The summed E-state index contributed by atoms with van der Waals surface area (Å²) in [6.07, 6.45) is -0.321. The molecule has 0 aliphatic carbocycles. The van der Waals surface area contributed by atoms with Gasteiger partial charge >= 0.3 is 0 Å². The number of rotatable bonds is 7. The first-order chi connectivity index (χ1) is 6.65. The van der Waals surface area contributed by atoms with Crippen molar-refractivity contribution >= 4 is 21.8 Å². The molecule has 0 bridgehead atoms. The van der Waals surface area contributed by atoms with Gasteiger partial charge < -0.3 is 14.4 Å². The Morgan fingerprint density at radius 2 is 1.86 bits per heavy atom. The van der Waals surface area contributed by atoms with E-state index in [1.807, 2.05) is 13.8 Å². The zero-order valence-electron chi connectivity index (χ0n) is 8.96. The van der Waals surface area contributed by atoms with Crippen molar-refractivity contribution in [3.05, 3.63) is 0 Å². The number of carbonyl (C=O) groups is 1. The van der Waals surface area contributed by atoms with Gasteiger partial charge in [-0.3, -0.25) is 4.79 Å². The van der Waals surface area contributed by atoms with Gasteiger partial charge in [0.1, 0.15) is 0 Å². The van der Waals surface area contributed by atoms with E-state index in [4.69, 9.17) is 9.47 Å². The fraction of sp³-hybridized carbons (Fsp3) is 0.889. The van der Waals surface area contributed by atoms with Crippen molar-refractivity contribution in [1.29, 1.82) is 0 Å². The maximum absolute atomic E-state index is 11.2. The quantitative estimate of drug-likeness (QED) is 0.515. The summed E-state index contributed by atoms with van der Waals surface area (Å²) < 4.78 is 10.6. The molecule has 4 nitrogen and oxygen atoms in total. The number of ether oxygens (including phenoxy) is 2. The standard InChI is InChI=1S/C9H18BrNO3/c1-4-13-9(14-5-2)7-11(3)8(12)6-10/h9H,4-7H2,1-3H3. The van der Waals surface area contributed by atoms with Crippen LogP contribution in [0.1, 0.15) is 13.8 Å². The highest BCUT2D eigenvalue weighted by Gasteiger charge is 2.14. The molecule has 0 aromatic heterocycles. The van der Waals surface area contributed by atoms with Gasteiger partial charge in [0, 0.05) is 20.3 Å². The number of nitrogens with zero attached hydrogens (tertiary/aromatic N) is 1. The number of hydrogen-bond donors (Lipinski definition) is 0. The second-order valence-electron chi connectivity index (χ2n) is 2.75. The van der Waals surface area contributed by atoms with Crippen LogP contribution >= 0.6 is 15.9 Å². The van der Waals surface area contributed by atoms with Crippen LogP contribution in [0, 0.1) is 0 Å². The third kappa shape index (κ3) is 5.57. The summed E-state index contributed by atoms with van der Waals surface area (Å²) in [6, 6.07) is 0. The largest absolute Gasteiger partial charge is 0.351 e. The van der Waals surface area contributed by atoms with E-state index >= 15 is 0 Å². The van der Waals surface area contributed by atoms with Crippen LogP contribution in [0.3, 0.4) is 0 Å². The maximum atomic E-state index is 11.2. The Kier molecular flexibility index (Phi) is 8.12. The van der Waals surface area contributed by atoms with Gasteiger partial charge in [-0.05, 0) is 13.8 Å². The third-order valence-electron chi connectivity index (χ3n) is 1.67. The molecule has 0 aliphatic heterocycles. The minimum Gasteiger partial charge on any atom is -0.351 e. The first-order valence-corrected chi connectivity index (χ1v) is 5.80. The Morgan fingerprint density at radius 3 is 2.21 bits per heavy atom. The maximum Gasteiger partial charge on any atom is 0.233 e. The van der Waals surface area contributed by atoms with E-state index in [0.29, 0.717) is 25.1 Å². The molecule has 84 valence electrons. The minimum atomic E-state index is -0.321. The van der Waals surface area contributed by atoms with Gasteiger partial charge in [-0.1, -0.05) is 15.9 Å². The van der Waals surface area contributed by atoms with Gasteiger partial charge in [0.15, 0.2) is 6.29 Å². The summed E-state index contributed by atoms with van der Waals surface area (Å²) in [4.78, 5) is 12.8. The molecule has 0 aromatic rings. The van der Waals surface area contributed by atoms with Gasteiger partial charge in [0.05, 0.1) is 11.9 Å². The highest BCUT2D eigenvalue weighted by Crippen LogP contribution is 1.99. The van der Waals surface area contributed by atoms with E-state index in [0.717, 1.165) is 0 Å². The van der Waals surface area contributed by atoms with Crippen LogP contribution in [0.25, 0.3) is 0 Å². The van der Waals surface area contributed by atoms with Crippen molar-refractivity contribution in [1.82, 2.24) is 4.90 Å². The topological polar surface area (TPSA) is 38.8 Å². The first kappa shape index (κ1) is 13.9. The van der Waals surface area contributed by atoms with Crippen molar-refractivity contribution in [2.45, 2.75) is 20.1 Å². The highest BCUT2D eigenvalue weighted by atomic mass is 79.9. The molecule has 0 heterocycles. The molecule has 0 rings (SSSR count). The molecule has 0 aliphatic rings. The Morgan fingerprint density at radius 1 is 1.36 bits per heavy atom. The van der Waals surface area contributed by atoms with E-state index in [1.54, 1.807) is 11.9 Å². The lowest BCUT2D eigenvalue weighted by molar-refractivity contribution is -0.155. The van der Waals surface area contributed by atoms with Gasteiger partial charge in [-0.25, -0.2) is 0 Å². The molecule has 0 saturated heterocycles. The lowest BCUT2D eigenvalue weighted by Gasteiger charge is -2.23. The predicted molar refractivity (Wildman–Crippen MR) is 58.5 cm³/mol. The van der Waals surface area contributed by atoms with Gasteiger partial charge in [0.2, 0.25) is 5.91 Å². The smallest absolute Gasteiger partial charge is 0.233 e. The molecule has 0 unspecified atom stereocenters. The number of amides is 1. The van der Waals surface area contributed by atoms with Gasteiger partial charge in [-0.15, -0.1) is 0 Å². The molecule has 0 fully saturated rings. The number of carbonyl (C=O) groups excluding carboxylic acids is 1. The monoisotopic (exact) mass is 267 g/mol. The average molecular weight is 268 g/mol. The zero-order valence-corrected chi connectivity index (χ0v) is 10.5. The van der Waals surface area contributed by atoms with Crippen LogP contribution in [0.4, 0.5) is 0 Å². The van der Waals surface area contributed by atoms with Crippen LogP contribution in [0.2, 0.25) is 0 Å². The van der Waals surface area contributed by atoms with E-state index in [1.165, 1.54) is 0 Å². The molecule has 0 saturated carbocycles. The summed E-state index contributed by atoms with van der Waals surface area (Å²) >= 11 is 3.11. The van der Waals surface area contributed by atoms with Crippen molar-refractivity contribution in [3.63, 3.8) is 0 Å². The Bertz CT molecular complexity index is 160. The Balaban J connectivity index is 3.94. The van der Waals surface area contributed by atoms with Crippen molar-refractivity contribution < 1.29 is 14.3 Å². The van der Waals surface area contributed by atoms with Crippen LogP contribution < -0.4 is 0 Å². The van der Waals surface area contributed by atoms with E-state index < -0.39 is 0 Å². The highest BCUT2D eigenvalue weighted by molar-refractivity contribution is 9.09. The lowest BCUT2D eigenvalue weighted by Crippen LogP contribution is -2.37. The molecule has 5 heteroatoms. The summed E-state index contributed by atoms with van der Waals surface area (Å²) in [6.45, 7) is 5.44. The molecule has 0 N–H and O–H groups in total. The molecule has 0 atom stereocenters. The van der Waals surface area contributed by atoms with Gasteiger partial charge in [-0.2, -0.15) is 0 Å². The number of halogens is 1. The fourth-order valence-corrected chi connectivity index (χ4v) is 1.38. The SMILES string of the molecule is CCOC(CN(C)C(=O)CBr)OCC. The van der Waals surface area contributed by atoms with E-state index in [2.05, 4.69) is 15.9 Å². The molecule has 0 radical (unpaired) electrons. The first-order valence-electron chi connectivity index (χ1n) is 4.68. The average Bonchev–Trinajstić information content (AvgIpc) is 2.17. The molecule has 14 heavy (non-hydrogen) atoms. The van der Waals surface area contributed by atoms with Gasteiger partial charge in [0.25, 0.3) is 0 Å².